The highest BCUT2D eigenvalue weighted by Gasteiger charge is 2.60. The molecule has 0 unspecified atom stereocenters. The van der Waals surface area contributed by atoms with Crippen LogP contribution in [0.3, 0.4) is 0 Å². The third-order valence-electron chi connectivity index (χ3n) is 10.7. The van der Waals surface area contributed by atoms with Gasteiger partial charge in [-0.3, -0.25) is 4.79 Å². The van der Waals surface area contributed by atoms with Crippen molar-refractivity contribution in [3.05, 3.63) is 0 Å². The first-order valence-corrected chi connectivity index (χ1v) is 12.8. The number of Topliss-reactive ketones (excluding diaryl/α,β-unsaturated/α-hetero) is 1. The van der Waals surface area contributed by atoms with Crippen LogP contribution >= 0.6 is 0 Å². The van der Waals surface area contributed by atoms with Gasteiger partial charge in [-0.1, -0.05) is 53.9 Å². The van der Waals surface area contributed by atoms with Gasteiger partial charge in [0.1, 0.15) is 5.78 Å². The van der Waals surface area contributed by atoms with E-state index in [1.807, 2.05) is 0 Å². The molecule has 1 nitrogen and oxygen atoms in total. The SMILES string of the molecule is CC(C)CCC[C@@H](C)[C@H]1CC[C@H]2[C@H]3CC[C@H]4CC(=O)CC[C@]4(C)[C@@H]3CC[C@]12C. The van der Waals surface area contributed by atoms with Gasteiger partial charge in [-0.05, 0) is 97.2 Å². The summed E-state index contributed by atoms with van der Waals surface area (Å²) in [5.74, 6) is 6.82. The van der Waals surface area contributed by atoms with Crippen LogP contribution in [0.1, 0.15) is 112 Å². The van der Waals surface area contributed by atoms with E-state index in [-0.39, 0.29) is 0 Å². The zero-order chi connectivity index (χ0) is 20.1. The topological polar surface area (TPSA) is 17.1 Å². The summed E-state index contributed by atoms with van der Waals surface area (Å²) in [7, 11) is 0. The minimum absolute atomic E-state index is 0.471. The van der Waals surface area contributed by atoms with Gasteiger partial charge in [0.2, 0.25) is 0 Å². The molecule has 0 amide bonds. The second-order valence-electron chi connectivity index (χ2n) is 12.4. The van der Waals surface area contributed by atoms with Gasteiger partial charge in [0.05, 0.1) is 0 Å². The van der Waals surface area contributed by atoms with Crippen molar-refractivity contribution >= 4 is 5.78 Å². The average molecular weight is 387 g/mol. The lowest BCUT2D eigenvalue weighted by Crippen LogP contribution is -2.53. The molecule has 1 heteroatoms. The fourth-order valence-electron chi connectivity index (χ4n) is 9.07. The van der Waals surface area contributed by atoms with Crippen molar-refractivity contribution < 1.29 is 4.79 Å². The highest BCUT2D eigenvalue weighted by atomic mass is 16.1. The molecule has 0 radical (unpaired) electrons. The molecule has 4 aliphatic rings. The summed E-state index contributed by atoms with van der Waals surface area (Å²) in [6.07, 6.45) is 15.9. The van der Waals surface area contributed by atoms with E-state index >= 15 is 0 Å². The molecule has 0 aliphatic heterocycles. The van der Waals surface area contributed by atoms with Crippen LogP contribution in [0.15, 0.2) is 0 Å². The van der Waals surface area contributed by atoms with Crippen molar-refractivity contribution in [2.75, 3.05) is 0 Å². The van der Waals surface area contributed by atoms with E-state index in [1.54, 1.807) is 0 Å². The van der Waals surface area contributed by atoms with Gasteiger partial charge >= 0.3 is 0 Å². The van der Waals surface area contributed by atoms with Crippen LogP contribution in [0, 0.1) is 52.3 Å². The monoisotopic (exact) mass is 386 g/mol. The van der Waals surface area contributed by atoms with Crippen molar-refractivity contribution in [1.82, 2.24) is 0 Å². The maximum Gasteiger partial charge on any atom is 0.133 e. The Balaban J connectivity index is 1.47. The molecule has 0 spiro atoms. The zero-order valence-corrected chi connectivity index (χ0v) is 19.4. The van der Waals surface area contributed by atoms with E-state index in [9.17, 15) is 4.79 Å². The molecule has 4 saturated carbocycles. The Kier molecular flexibility index (Phi) is 5.78. The van der Waals surface area contributed by atoms with E-state index in [0.29, 0.717) is 22.5 Å². The first kappa shape index (κ1) is 20.9. The minimum atomic E-state index is 0.471. The van der Waals surface area contributed by atoms with E-state index in [0.717, 1.165) is 48.3 Å². The van der Waals surface area contributed by atoms with Crippen LogP contribution in [-0.4, -0.2) is 5.78 Å². The number of rotatable bonds is 5. The molecule has 8 atom stereocenters. The Morgan fingerprint density at radius 3 is 2.39 bits per heavy atom. The quantitative estimate of drug-likeness (QED) is 0.473. The van der Waals surface area contributed by atoms with Crippen LogP contribution in [0.4, 0.5) is 0 Å². The molecule has 4 aliphatic carbocycles. The summed E-state index contributed by atoms with van der Waals surface area (Å²) in [5.41, 5.74) is 1.07. The minimum Gasteiger partial charge on any atom is -0.300 e. The molecule has 0 aromatic heterocycles. The van der Waals surface area contributed by atoms with E-state index in [4.69, 9.17) is 0 Å². The molecule has 0 aromatic carbocycles. The van der Waals surface area contributed by atoms with Crippen LogP contribution in [-0.2, 0) is 4.79 Å². The smallest absolute Gasteiger partial charge is 0.133 e. The molecule has 4 rings (SSSR count). The summed E-state index contributed by atoms with van der Waals surface area (Å²) in [6, 6.07) is 0. The number of carbonyl (C=O) groups is 1. The summed E-state index contributed by atoms with van der Waals surface area (Å²) in [5, 5.41) is 0. The first-order chi connectivity index (χ1) is 13.3. The fourth-order valence-corrected chi connectivity index (χ4v) is 9.07. The van der Waals surface area contributed by atoms with Gasteiger partial charge in [-0.15, -0.1) is 0 Å². The Bertz CT molecular complexity index is 579. The predicted molar refractivity (Wildman–Crippen MR) is 118 cm³/mol. The standard InChI is InChI=1S/C27H46O/c1-18(2)7-6-8-19(3)23-11-12-24-22-10-9-20-17-21(28)13-15-26(20,4)25(22)14-16-27(23,24)5/h18-20,22-25H,6-17H2,1-5H3/t19-,20+,22-,23-,24+,25-,26+,27-/m1/s1. The second-order valence-corrected chi connectivity index (χ2v) is 12.4. The third-order valence-corrected chi connectivity index (χ3v) is 10.7. The maximum absolute atomic E-state index is 12.1. The van der Waals surface area contributed by atoms with E-state index in [1.165, 1.54) is 64.2 Å². The van der Waals surface area contributed by atoms with Crippen molar-refractivity contribution in [3.63, 3.8) is 0 Å². The lowest BCUT2D eigenvalue weighted by atomic mass is 9.44. The largest absolute Gasteiger partial charge is 0.300 e. The van der Waals surface area contributed by atoms with Crippen molar-refractivity contribution in [2.24, 2.45) is 52.3 Å². The van der Waals surface area contributed by atoms with Crippen LogP contribution in [0.25, 0.3) is 0 Å². The Labute approximate surface area is 174 Å². The maximum atomic E-state index is 12.1. The van der Waals surface area contributed by atoms with Gasteiger partial charge in [-0.2, -0.15) is 0 Å². The van der Waals surface area contributed by atoms with Crippen molar-refractivity contribution in [2.45, 2.75) is 112 Å². The summed E-state index contributed by atoms with van der Waals surface area (Å²) < 4.78 is 0. The molecule has 0 heterocycles. The molecule has 28 heavy (non-hydrogen) atoms. The molecule has 0 aromatic rings. The van der Waals surface area contributed by atoms with Crippen molar-refractivity contribution in [1.29, 1.82) is 0 Å². The number of carbonyl (C=O) groups excluding carboxylic acids is 1. The molecule has 4 fully saturated rings. The lowest BCUT2D eigenvalue weighted by molar-refractivity contribution is -0.140. The fraction of sp³-hybridized carbons (Fsp3) is 0.963. The molecular formula is C27H46O. The summed E-state index contributed by atoms with van der Waals surface area (Å²) in [6.45, 7) is 12.6. The Morgan fingerprint density at radius 1 is 0.893 bits per heavy atom. The normalized spacial score (nSPS) is 46.8. The van der Waals surface area contributed by atoms with Gasteiger partial charge in [0.15, 0.2) is 0 Å². The predicted octanol–water partition coefficient (Wildman–Crippen LogP) is 7.68. The number of fused-ring (bicyclic) bond motifs is 5. The van der Waals surface area contributed by atoms with E-state index < -0.39 is 0 Å². The van der Waals surface area contributed by atoms with Crippen LogP contribution in [0.2, 0.25) is 0 Å². The highest BCUT2D eigenvalue weighted by molar-refractivity contribution is 5.79. The number of hydrogen-bond donors (Lipinski definition) is 0. The zero-order valence-electron chi connectivity index (χ0n) is 19.4. The highest BCUT2D eigenvalue weighted by Crippen LogP contribution is 2.68. The first-order valence-electron chi connectivity index (χ1n) is 12.8. The molecule has 160 valence electrons. The molecule has 0 saturated heterocycles. The van der Waals surface area contributed by atoms with Gasteiger partial charge < -0.3 is 0 Å². The van der Waals surface area contributed by atoms with Gasteiger partial charge in [0.25, 0.3) is 0 Å². The summed E-state index contributed by atoms with van der Waals surface area (Å²) in [4.78, 5) is 12.1. The summed E-state index contributed by atoms with van der Waals surface area (Å²) >= 11 is 0. The van der Waals surface area contributed by atoms with E-state index in [2.05, 4.69) is 34.6 Å². The number of hydrogen-bond acceptors (Lipinski definition) is 1. The lowest BCUT2D eigenvalue weighted by Gasteiger charge is -2.60. The average Bonchev–Trinajstić information content (AvgIpc) is 2.99. The van der Waals surface area contributed by atoms with Crippen LogP contribution in [0.5, 0.6) is 0 Å². The molecular weight excluding hydrogens is 340 g/mol. The second kappa shape index (κ2) is 7.73. The molecule has 0 bridgehead atoms. The Hall–Kier alpha value is -0.330. The van der Waals surface area contributed by atoms with Crippen LogP contribution < -0.4 is 0 Å². The third kappa shape index (κ3) is 3.41. The van der Waals surface area contributed by atoms with Gasteiger partial charge in [0, 0.05) is 12.8 Å². The Morgan fingerprint density at radius 2 is 1.64 bits per heavy atom. The number of ketones is 1. The van der Waals surface area contributed by atoms with Crippen molar-refractivity contribution in [3.8, 4) is 0 Å². The van der Waals surface area contributed by atoms with Gasteiger partial charge in [-0.25, -0.2) is 0 Å². The molecule has 0 N–H and O–H groups in total.